The van der Waals surface area contributed by atoms with Crippen LogP contribution in [0.15, 0.2) is 24.4 Å². The Morgan fingerprint density at radius 3 is 3.04 bits per heavy atom. The fraction of sp³-hybridized carbons (Fsp3) is 0.500. The highest BCUT2D eigenvalue weighted by Gasteiger charge is 2.22. The Bertz CT molecular complexity index is 696. The van der Waals surface area contributed by atoms with Crippen LogP contribution in [0.25, 0.3) is 0 Å². The lowest BCUT2D eigenvalue weighted by Crippen LogP contribution is -2.26. The molecule has 0 fully saturated rings. The molecule has 2 aliphatic heterocycles. The number of imidazole rings is 1. The van der Waals surface area contributed by atoms with E-state index in [-0.39, 0.29) is 0 Å². The Balaban J connectivity index is 1.37. The number of ether oxygens (including phenoxy) is 2. The summed E-state index contributed by atoms with van der Waals surface area (Å²) < 4.78 is 13.5. The number of hydrogen-bond acceptors (Lipinski definition) is 4. The monoisotopic (exact) mass is 313 g/mol. The smallest absolute Gasteiger partial charge is 0.161 e. The van der Waals surface area contributed by atoms with E-state index in [0.29, 0.717) is 19.1 Å². The van der Waals surface area contributed by atoms with E-state index in [4.69, 9.17) is 14.5 Å². The molecule has 0 amide bonds. The highest BCUT2D eigenvalue weighted by Crippen LogP contribution is 2.31. The fourth-order valence-electron chi connectivity index (χ4n) is 3.49. The summed E-state index contributed by atoms with van der Waals surface area (Å²) in [6.07, 6.45) is 4.62. The third-order valence-corrected chi connectivity index (χ3v) is 4.57. The first kappa shape index (κ1) is 14.6. The third kappa shape index (κ3) is 3.06. The van der Waals surface area contributed by atoms with Crippen LogP contribution in [0, 0.1) is 6.92 Å². The predicted octanol–water partition coefficient (Wildman–Crippen LogP) is 2.63. The van der Waals surface area contributed by atoms with E-state index in [9.17, 15) is 0 Å². The lowest BCUT2D eigenvalue weighted by Gasteiger charge is -2.24. The molecule has 2 aromatic rings. The summed E-state index contributed by atoms with van der Waals surface area (Å²) in [5.74, 6) is 3.46. The second-order valence-electron chi connectivity index (χ2n) is 6.38. The number of aromatic nitrogens is 2. The fourth-order valence-corrected chi connectivity index (χ4v) is 3.49. The minimum Gasteiger partial charge on any atom is -0.486 e. The van der Waals surface area contributed by atoms with Crippen molar-refractivity contribution in [3.8, 4) is 11.5 Å². The highest BCUT2D eigenvalue weighted by molar-refractivity contribution is 5.43. The molecule has 1 atom stereocenters. The first-order chi connectivity index (χ1) is 11.3. The summed E-state index contributed by atoms with van der Waals surface area (Å²) in [5, 5.41) is 3.58. The van der Waals surface area contributed by atoms with E-state index in [1.54, 1.807) is 0 Å². The molecule has 3 heterocycles. The van der Waals surface area contributed by atoms with Crippen LogP contribution in [-0.2, 0) is 13.1 Å². The van der Waals surface area contributed by atoms with Crippen LogP contribution in [-0.4, -0.2) is 29.3 Å². The van der Waals surface area contributed by atoms with E-state index in [2.05, 4.69) is 35.1 Å². The molecule has 1 aromatic carbocycles. The van der Waals surface area contributed by atoms with Crippen molar-refractivity contribution in [2.45, 2.75) is 38.8 Å². The van der Waals surface area contributed by atoms with Gasteiger partial charge in [0.2, 0.25) is 0 Å². The maximum atomic E-state index is 5.64. The summed E-state index contributed by atoms with van der Waals surface area (Å²) in [5.41, 5.74) is 2.35. The van der Waals surface area contributed by atoms with Crippen molar-refractivity contribution in [1.82, 2.24) is 14.9 Å². The minimum absolute atomic E-state index is 0.509. The molecule has 5 nitrogen and oxygen atoms in total. The zero-order valence-electron chi connectivity index (χ0n) is 13.5. The van der Waals surface area contributed by atoms with Crippen molar-refractivity contribution in [1.29, 1.82) is 0 Å². The average molecular weight is 313 g/mol. The van der Waals surface area contributed by atoms with Crippen LogP contribution in [0.2, 0.25) is 0 Å². The van der Waals surface area contributed by atoms with Crippen molar-refractivity contribution in [3.05, 3.63) is 41.5 Å². The molecular weight excluding hydrogens is 290 g/mol. The van der Waals surface area contributed by atoms with Crippen molar-refractivity contribution >= 4 is 0 Å². The van der Waals surface area contributed by atoms with Gasteiger partial charge in [0.15, 0.2) is 11.5 Å². The lowest BCUT2D eigenvalue weighted by atomic mass is 9.99. The molecule has 2 aliphatic rings. The molecule has 0 unspecified atom stereocenters. The largest absolute Gasteiger partial charge is 0.486 e. The quantitative estimate of drug-likeness (QED) is 0.943. The summed E-state index contributed by atoms with van der Waals surface area (Å²) in [6, 6.07) is 6.18. The molecule has 0 saturated carbocycles. The first-order valence-corrected chi connectivity index (χ1v) is 8.42. The van der Waals surface area contributed by atoms with Gasteiger partial charge in [-0.05, 0) is 37.5 Å². The Labute approximate surface area is 136 Å². The molecule has 23 heavy (non-hydrogen) atoms. The van der Waals surface area contributed by atoms with Crippen molar-refractivity contribution in [2.24, 2.45) is 0 Å². The summed E-state index contributed by atoms with van der Waals surface area (Å²) in [7, 11) is 0. The average Bonchev–Trinajstić information content (AvgIpc) is 2.96. The van der Waals surface area contributed by atoms with Crippen LogP contribution >= 0.6 is 0 Å². The third-order valence-electron chi connectivity index (χ3n) is 4.57. The normalized spacial score (nSPS) is 19.4. The van der Waals surface area contributed by atoms with E-state index in [0.717, 1.165) is 36.8 Å². The van der Waals surface area contributed by atoms with E-state index < -0.39 is 0 Å². The zero-order valence-corrected chi connectivity index (χ0v) is 13.5. The number of rotatable bonds is 4. The number of nitrogens with zero attached hydrogens (tertiary/aromatic N) is 2. The number of aryl methyl sites for hydroxylation is 2. The Hall–Kier alpha value is -2.01. The summed E-state index contributed by atoms with van der Waals surface area (Å²) in [4.78, 5) is 4.70. The molecule has 0 saturated heterocycles. The van der Waals surface area contributed by atoms with Crippen molar-refractivity contribution < 1.29 is 9.47 Å². The first-order valence-electron chi connectivity index (χ1n) is 8.42. The van der Waals surface area contributed by atoms with Crippen molar-refractivity contribution in [2.75, 3.05) is 19.8 Å². The number of benzene rings is 1. The van der Waals surface area contributed by atoms with Gasteiger partial charge in [0.1, 0.15) is 19.0 Å². The molecule has 4 rings (SSSR count). The second-order valence-corrected chi connectivity index (χ2v) is 6.38. The Morgan fingerprint density at radius 2 is 2.13 bits per heavy atom. The van der Waals surface area contributed by atoms with Crippen LogP contribution in [0.1, 0.15) is 35.8 Å². The molecule has 1 aromatic heterocycles. The van der Waals surface area contributed by atoms with Crippen LogP contribution in [0.5, 0.6) is 11.5 Å². The summed E-state index contributed by atoms with van der Waals surface area (Å²) in [6.45, 7) is 6.25. The van der Waals surface area contributed by atoms with Gasteiger partial charge < -0.3 is 19.4 Å². The maximum absolute atomic E-state index is 5.64. The van der Waals surface area contributed by atoms with E-state index in [1.165, 1.54) is 24.2 Å². The van der Waals surface area contributed by atoms with Gasteiger partial charge in [-0.25, -0.2) is 4.98 Å². The standard InChI is InChI=1S/C18H23N3O2/c1-13-12-21-6-2-3-15(18(21)20-13)11-19-10-14-4-5-16-17(9-14)23-8-7-22-16/h4-5,9,12,15,19H,2-3,6-8,10-11H2,1H3/t15-/m1/s1. The van der Waals surface area contributed by atoms with Gasteiger partial charge in [0.05, 0.1) is 5.69 Å². The number of nitrogens with one attached hydrogen (secondary N) is 1. The minimum atomic E-state index is 0.509. The lowest BCUT2D eigenvalue weighted by molar-refractivity contribution is 0.171. The Morgan fingerprint density at radius 1 is 1.26 bits per heavy atom. The number of fused-ring (bicyclic) bond motifs is 2. The van der Waals surface area contributed by atoms with Crippen molar-refractivity contribution in [3.63, 3.8) is 0 Å². The Kier molecular flexibility index (Phi) is 3.95. The molecule has 5 heteroatoms. The van der Waals surface area contributed by atoms with Gasteiger partial charge in [-0.15, -0.1) is 0 Å². The molecule has 0 aliphatic carbocycles. The molecule has 0 radical (unpaired) electrons. The SMILES string of the molecule is Cc1cn2c(n1)[C@@H](CNCc1ccc3c(c1)OCCO3)CCC2. The van der Waals surface area contributed by atoms with Crippen LogP contribution in [0.3, 0.4) is 0 Å². The van der Waals surface area contributed by atoms with E-state index in [1.807, 2.05) is 6.07 Å². The van der Waals surface area contributed by atoms with E-state index >= 15 is 0 Å². The predicted molar refractivity (Wildman–Crippen MR) is 88.1 cm³/mol. The molecule has 0 spiro atoms. The molecule has 122 valence electrons. The van der Waals surface area contributed by atoms with Crippen LogP contribution in [0.4, 0.5) is 0 Å². The van der Waals surface area contributed by atoms with Gasteiger partial charge in [0, 0.05) is 31.7 Å². The van der Waals surface area contributed by atoms with Crippen LogP contribution < -0.4 is 14.8 Å². The van der Waals surface area contributed by atoms with Gasteiger partial charge in [-0.1, -0.05) is 6.07 Å². The molecular formula is C18H23N3O2. The zero-order chi connectivity index (χ0) is 15.6. The second kappa shape index (κ2) is 6.24. The summed E-state index contributed by atoms with van der Waals surface area (Å²) >= 11 is 0. The maximum Gasteiger partial charge on any atom is 0.161 e. The molecule has 1 N–H and O–H groups in total. The number of hydrogen-bond donors (Lipinski definition) is 1. The van der Waals surface area contributed by atoms with Gasteiger partial charge in [-0.2, -0.15) is 0 Å². The van der Waals surface area contributed by atoms with Gasteiger partial charge >= 0.3 is 0 Å². The topological polar surface area (TPSA) is 48.3 Å². The highest BCUT2D eigenvalue weighted by atomic mass is 16.6. The molecule has 0 bridgehead atoms. The van der Waals surface area contributed by atoms with Gasteiger partial charge in [0.25, 0.3) is 0 Å². The van der Waals surface area contributed by atoms with Gasteiger partial charge in [-0.3, -0.25) is 0 Å².